The average Bonchev–Trinajstić information content (AvgIpc) is 2.67. The molecular formula is C10H12N2O3S2. The highest BCUT2D eigenvalue weighted by Gasteiger charge is 2.09. The Labute approximate surface area is 106 Å². The molecule has 5 nitrogen and oxygen atoms in total. The van der Waals surface area contributed by atoms with Crippen LogP contribution in [0.1, 0.15) is 4.88 Å². The first-order valence-corrected chi connectivity index (χ1v) is 6.82. The van der Waals surface area contributed by atoms with Gasteiger partial charge in [-0.25, -0.2) is 4.98 Å². The number of nitrogens with zero attached hydrogens (tertiary/aromatic N) is 1. The van der Waals surface area contributed by atoms with Crippen LogP contribution in [0.3, 0.4) is 0 Å². The van der Waals surface area contributed by atoms with Gasteiger partial charge in [0.1, 0.15) is 4.83 Å². The lowest BCUT2D eigenvalue weighted by Gasteiger charge is -2.05. The minimum absolute atomic E-state index is 0.166. The van der Waals surface area contributed by atoms with Crippen LogP contribution in [-0.2, 0) is 0 Å². The fourth-order valence-electron chi connectivity index (χ4n) is 1.33. The lowest BCUT2D eigenvalue weighted by atomic mass is 10.4. The predicted octanol–water partition coefficient (Wildman–Crippen LogP) is 0.738. The number of rotatable bonds is 4. The van der Waals surface area contributed by atoms with Gasteiger partial charge >= 0.3 is 0 Å². The van der Waals surface area contributed by atoms with Crippen molar-refractivity contribution in [3.8, 4) is 0 Å². The molecule has 1 atom stereocenters. The van der Waals surface area contributed by atoms with E-state index < -0.39 is 6.10 Å². The summed E-state index contributed by atoms with van der Waals surface area (Å²) < 4.78 is 0. The first kappa shape index (κ1) is 12.6. The topological polar surface area (TPSA) is 86.2 Å². The van der Waals surface area contributed by atoms with E-state index in [2.05, 4.69) is 9.97 Å². The summed E-state index contributed by atoms with van der Waals surface area (Å²) in [6.07, 6.45) is -0.800. The molecule has 0 amide bonds. The van der Waals surface area contributed by atoms with Crippen molar-refractivity contribution in [1.29, 1.82) is 0 Å². The SMILES string of the molecule is Cc1cc2c(=O)[nH]c(SCC(O)CO)nc2s1. The van der Waals surface area contributed by atoms with E-state index in [1.54, 1.807) is 0 Å². The summed E-state index contributed by atoms with van der Waals surface area (Å²) in [5.74, 6) is 0.301. The number of aliphatic hydroxyl groups is 2. The number of aryl methyl sites for hydroxylation is 1. The minimum Gasteiger partial charge on any atom is -0.394 e. The molecule has 92 valence electrons. The van der Waals surface area contributed by atoms with Crippen LogP contribution in [-0.4, -0.2) is 38.6 Å². The fourth-order valence-corrected chi connectivity index (χ4v) is 3.04. The van der Waals surface area contributed by atoms with E-state index in [9.17, 15) is 9.90 Å². The van der Waals surface area contributed by atoms with Crippen molar-refractivity contribution >= 4 is 33.3 Å². The lowest BCUT2D eigenvalue weighted by Crippen LogP contribution is -2.15. The van der Waals surface area contributed by atoms with Crippen molar-refractivity contribution in [2.24, 2.45) is 0 Å². The minimum atomic E-state index is -0.800. The van der Waals surface area contributed by atoms with Crippen LogP contribution in [0.2, 0.25) is 0 Å². The van der Waals surface area contributed by atoms with Gasteiger partial charge in [0, 0.05) is 10.6 Å². The maximum atomic E-state index is 11.7. The zero-order valence-corrected chi connectivity index (χ0v) is 10.8. The molecule has 0 aliphatic heterocycles. The van der Waals surface area contributed by atoms with Crippen molar-refractivity contribution in [3.05, 3.63) is 21.3 Å². The Morgan fingerprint density at radius 3 is 3.12 bits per heavy atom. The van der Waals surface area contributed by atoms with Gasteiger partial charge in [-0.15, -0.1) is 11.3 Å². The van der Waals surface area contributed by atoms with E-state index in [1.165, 1.54) is 23.1 Å². The molecule has 0 spiro atoms. The summed E-state index contributed by atoms with van der Waals surface area (Å²) in [4.78, 5) is 20.4. The summed E-state index contributed by atoms with van der Waals surface area (Å²) in [5.41, 5.74) is -0.166. The van der Waals surface area contributed by atoms with E-state index in [0.29, 0.717) is 21.1 Å². The Morgan fingerprint density at radius 2 is 2.41 bits per heavy atom. The summed E-state index contributed by atoms with van der Waals surface area (Å²) >= 11 is 2.69. The van der Waals surface area contributed by atoms with Gasteiger partial charge in [-0.2, -0.15) is 0 Å². The van der Waals surface area contributed by atoms with Crippen LogP contribution in [0.25, 0.3) is 10.2 Å². The second kappa shape index (κ2) is 5.18. The summed E-state index contributed by atoms with van der Waals surface area (Å²) in [6.45, 7) is 1.63. The van der Waals surface area contributed by atoms with Crippen LogP contribution >= 0.6 is 23.1 Å². The van der Waals surface area contributed by atoms with Gasteiger partial charge in [0.05, 0.1) is 18.1 Å². The number of nitrogens with one attached hydrogen (secondary N) is 1. The molecule has 3 N–H and O–H groups in total. The van der Waals surface area contributed by atoms with E-state index in [1.807, 2.05) is 13.0 Å². The molecule has 1 unspecified atom stereocenters. The van der Waals surface area contributed by atoms with Gasteiger partial charge in [-0.1, -0.05) is 11.8 Å². The molecule has 7 heteroatoms. The zero-order chi connectivity index (χ0) is 12.4. The number of hydrogen-bond acceptors (Lipinski definition) is 6. The van der Waals surface area contributed by atoms with E-state index in [0.717, 1.165) is 4.88 Å². The number of aliphatic hydroxyl groups excluding tert-OH is 2. The largest absolute Gasteiger partial charge is 0.394 e. The summed E-state index contributed by atoms with van der Waals surface area (Å²) in [5, 5.41) is 19.0. The molecule has 0 bridgehead atoms. The van der Waals surface area contributed by atoms with Crippen molar-refractivity contribution in [2.45, 2.75) is 18.2 Å². The molecule has 17 heavy (non-hydrogen) atoms. The molecule has 2 rings (SSSR count). The monoisotopic (exact) mass is 272 g/mol. The molecule has 0 aliphatic rings. The van der Waals surface area contributed by atoms with Crippen LogP contribution in [0.5, 0.6) is 0 Å². The maximum Gasteiger partial charge on any atom is 0.260 e. The van der Waals surface area contributed by atoms with Crippen molar-refractivity contribution in [2.75, 3.05) is 12.4 Å². The number of hydrogen-bond donors (Lipinski definition) is 3. The first-order chi connectivity index (χ1) is 8.10. The molecule has 2 aromatic heterocycles. The zero-order valence-electron chi connectivity index (χ0n) is 9.14. The number of H-pyrrole nitrogens is 1. The third-order valence-electron chi connectivity index (χ3n) is 2.13. The average molecular weight is 272 g/mol. The molecule has 0 saturated heterocycles. The van der Waals surface area contributed by atoms with E-state index >= 15 is 0 Å². The molecule has 0 aromatic carbocycles. The number of thioether (sulfide) groups is 1. The Kier molecular flexibility index (Phi) is 3.82. The molecule has 0 radical (unpaired) electrons. The quantitative estimate of drug-likeness (QED) is 0.564. The number of aromatic nitrogens is 2. The number of thiophene rings is 1. The molecule has 0 fully saturated rings. The molecular weight excluding hydrogens is 260 g/mol. The van der Waals surface area contributed by atoms with Crippen LogP contribution in [0, 0.1) is 6.92 Å². The van der Waals surface area contributed by atoms with Gasteiger partial charge < -0.3 is 15.2 Å². The second-order valence-electron chi connectivity index (χ2n) is 3.59. The second-order valence-corrected chi connectivity index (χ2v) is 5.84. The Hall–Kier alpha value is -0.890. The third kappa shape index (κ3) is 2.86. The van der Waals surface area contributed by atoms with Crippen LogP contribution in [0.15, 0.2) is 16.0 Å². The van der Waals surface area contributed by atoms with Gasteiger partial charge in [0.15, 0.2) is 5.16 Å². The Bertz CT molecular complexity index is 578. The summed E-state index contributed by atoms with van der Waals surface area (Å²) in [7, 11) is 0. The predicted molar refractivity (Wildman–Crippen MR) is 68.8 cm³/mol. The van der Waals surface area contributed by atoms with Crippen molar-refractivity contribution in [1.82, 2.24) is 9.97 Å². The highest BCUT2D eigenvalue weighted by Crippen LogP contribution is 2.22. The van der Waals surface area contributed by atoms with Gasteiger partial charge in [0.2, 0.25) is 0 Å². The van der Waals surface area contributed by atoms with Crippen LogP contribution in [0.4, 0.5) is 0 Å². The molecule has 2 heterocycles. The molecule has 0 saturated carbocycles. The summed E-state index contributed by atoms with van der Waals surface area (Å²) in [6, 6.07) is 1.81. The Morgan fingerprint density at radius 1 is 1.65 bits per heavy atom. The molecule has 2 aromatic rings. The molecule has 0 aliphatic carbocycles. The number of aromatic amines is 1. The normalized spacial score (nSPS) is 13.1. The first-order valence-electron chi connectivity index (χ1n) is 5.02. The maximum absolute atomic E-state index is 11.7. The van der Waals surface area contributed by atoms with Crippen molar-refractivity contribution < 1.29 is 10.2 Å². The van der Waals surface area contributed by atoms with E-state index in [4.69, 9.17) is 5.11 Å². The van der Waals surface area contributed by atoms with Gasteiger partial charge in [0.25, 0.3) is 5.56 Å². The smallest absolute Gasteiger partial charge is 0.260 e. The van der Waals surface area contributed by atoms with Gasteiger partial charge in [-0.05, 0) is 13.0 Å². The van der Waals surface area contributed by atoms with Crippen molar-refractivity contribution in [3.63, 3.8) is 0 Å². The van der Waals surface area contributed by atoms with Gasteiger partial charge in [-0.3, -0.25) is 4.79 Å². The number of fused-ring (bicyclic) bond motifs is 1. The Balaban J connectivity index is 2.27. The highest BCUT2D eigenvalue weighted by molar-refractivity contribution is 7.99. The highest BCUT2D eigenvalue weighted by atomic mass is 32.2. The van der Waals surface area contributed by atoms with E-state index in [-0.39, 0.29) is 12.2 Å². The fraction of sp³-hybridized carbons (Fsp3) is 0.400. The van der Waals surface area contributed by atoms with Crippen LogP contribution < -0.4 is 5.56 Å². The third-order valence-corrected chi connectivity index (χ3v) is 4.09. The lowest BCUT2D eigenvalue weighted by molar-refractivity contribution is 0.113. The standard InChI is InChI=1S/C10H12N2O3S2/c1-5-2-7-8(15)11-10(12-9(7)17-5)16-4-6(14)3-13/h2,6,13-14H,3-4H2,1H3,(H,11,12,15).